The molecule has 0 saturated carbocycles. The molecule has 0 aliphatic rings. The van der Waals surface area contributed by atoms with Gasteiger partial charge in [0.2, 0.25) is 0 Å². The topological polar surface area (TPSA) is 83.7 Å². The summed E-state index contributed by atoms with van der Waals surface area (Å²) in [4.78, 5) is 0. The molecule has 0 aromatic rings. The third-order valence-electron chi connectivity index (χ3n) is 0.237. The van der Waals surface area contributed by atoms with Crippen molar-refractivity contribution in [1.82, 2.24) is 16.4 Å². The molecule has 0 heterocycles. The normalized spacial score (nSPS) is 5.43. The third-order valence-corrected chi connectivity index (χ3v) is 0.237. The summed E-state index contributed by atoms with van der Waals surface area (Å²) < 4.78 is 0. The Labute approximate surface area is 40.5 Å². The first kappa shape index (κ1) is 5.54. The minimum atomic E-state index is 1.53. The number of hydrazine groups is 2. The largest absolute Gasteiger partial charge is 0.239 e. The smallest absolute Gasteiger partial charge is 0.193 e. The summed E-state index contributed by atoms with van der Waals surface area (Å²) in [5.41, 5.74) is 6.00. The highest BCUT2D eigenvalue weighted by Gasteiger charge is 1.66. The van der Waals surface area contributed by atoms with E-state index >= 15 is 0 Å². The molecule has 7 heavy (non-hydrogen) atoms. The fourth-order valence-electron chi connectivity index (χ4n) is 0.0872. The fraction of sp³-hybridized carbons (Fsp3) is 0. The molecular formula is C2H3N5. The van der Waals surface area contributed by atoms with Crippen LogP contribution in [-0.2, 0) is 0 Å². The summed E-state index contributed by atoms with van der Waals surface area (Å²) >= 11 is 0. The molecule has 0 aliphatic carbocycles. The molecule has 0 saturated heterocycles. The van der Waals surface area contributed by atoms with Gasteiger partial charge in [-0.2, -0.15) is 10.5 Å². The van der Waals surface area contributed by atoms with E-state index in [-0.39, 0.29) is 0 Å². The first-order valence-corrected chi connectivity index (χ1v) is 1.45. The second-order valence-corrected chi connectivity index (χ2v) is 0.599. The van der Waals surface area contributed by atoms with Crippen LogP contribution in [0, 0.1) is 22.9 Å². The molecule has 0 aromatic carbocycles. The van der Waals surface area contributed by atoms with E-state index in [2.05, 4.69) is 5.53 Å². The van der Waals surface area contributed by atoms with E-state index in [0.717, 1.165) is 0 Å². The number of nitriles is 2. The van der Waals surface area contributed by atoms with Crippen LogP contribution in [-0.4, -0.2) is 0 Å². The molecule has 3 N–H and O–H groups in total. The lowest BCUT2D eigenvalue weighted by atomic mass is 11.4. The summed E-state index contributed by atoms with van der Waals surface area (Å²) in [5.74, 6) is 0. The lowest BCUT2D eigenvalue weighted by Crippen LogP contribution is -2.37. The summed E-state index contributed by atoms with van der Waals surface area (Å²) in [6, 6.07) is 0. The third kappa shape index (κ3) is 4.54. The highest BCUT2D eigenvalue weighted by molar-refractivity contribution is 4.62. The summed E-state index contributed by atoms with van der Waals surface area (Å²) in [6.45, 7) is 0. The quantitative estimate of drug-likeness (QED) is 0.170. The van der Waals surface area contributed by atoms with Gasteiger partial charge in [-0.1, -0.05) is 0 Å². The van der Waals surface area contributed by atoms with E-state index in [0.29, 0.717) is 0 Å². The average molecular weight is 97.1 g/mol. The average Bonchev–Trinajstić information content (AvgIpc) is 1.69. The van der Waals surface area contributed by atoms with E-state index in [9.17, 15) is 0 Å². The maximum atomic E-state index is 7.72. The van der Waals surface area contributed by atoms with Gasteiger partial charge in [-0.05, 0) is 0 Å². The standard InChI is InChI=1S/C2H3N5/c3-1-5-7-6-2-4/h5-7H. The summed E-state index contributed by atoms with van der Waals surface area (Å²) in [7, 11) is 0. The van der Waals surface area contributed by atoms with Gasteiger partial charge < -0.3 is 0 Å². The van der Waals surface area contributed by atoms with Crippen molar-refractivity contribution in [2.75, 3.05) is 0 Å². The SMILES string of the molecule is N#CNNNC#N. The van der Waals surface area contributed by atoms with Crippen LogP contribution in [0.2, 0.25) is 0 Å². The minimum Gasteiger partial charge on any atom is -0.239 e. The Morgan fingerprint density at radius 2 is 1.43 bits per heavy atom. The van der Waals surface area contributed by atoms with Crippen LogP contribution in [0.3, 0.4) is 0 Å². The Hall–Kier alpha value is -1.46. The molecule has 0 aromatic heterocycles. The van der Waals surface area contributed by atoms with Gasteiger partial charge in [0.1, 0.15) is 0 Å². The van der Waals surface area contributed by atoms with E-state index in [4.69, 9.17) is 10.5 Å². The molecule has 36 valence electrons. The van der Waals surface area contributed by atoms with Crippen molar-refractivity contribution in [2.45, 2.75) is 0 Å². The van der Waals surface area contributed by atoms with Gasteiger partial charge in [0.05, 0.1) is 0 Å². The zero-order valence-corrected chi connectivity index (χ0v) is 3.39. The molecule has 0 fully saturated rings. The molecule has 5 nitrogen and oxygen atoms in total. The predicted octanol–water partition coefficient (Wildman–Crippen LogP) is -1.45. The van der Waals surface area contributed by atoms with Crippen molar-refractivity contribution in [3.8, 4) is 12.4 Å². The van der Waals surface area contributed by atoms with Crippen LogP contribution in [0.15, 0.2) is 0 Å². The zero-order valence-electron chi connectivity index (χ0n) is 3.39. The van der Waals surface area contributed by atoms with Crippen molar-refractivity contribution in [2.24, 2.45) is 0 Å². The van der Waals surface area contributed by atoms with Crippen molar-refractivity contribution < 1.29 is 0 Å². The van der Waals surface area contributed by atoms with Crippen molar-refractivity contribution in [3.05, 3.63) is 0 Å². The molecule has 0 radical (unpaired) electrons. The Balaban J connectivity index is 2.77. The van der Waals surface area contributed by atoms with Gasteiger partial charge in [0.15, 0.2) is 12.4 Å². The maximum absolute atomic E-state index is 7.72. The second kappa shape index (κ2) is 4.54. The van der Waals surface area contributed by atoms with Crippen LogP contribution >= 0.6 is 0 Å². The Kier molecular flexibility index (Phi) is 3.59. The van der Waals surface area contributed by atoms with Gasteiger partial charge in [-0.25, -0.2) is 10.9 Å². The van der Waals surface area contributed by atoms with Crippen LogP contribution in [0.1, 0.15) is 0 Å². The molecule has 0 unspecified atom stereocenters. The van der Waals surface area contributed by atoms with Crippen molar-refractivity contribution >= 4 is 0 Å². The van der Waals surface area contributed by atoms with Gasteiger partial charge in [0, 0.05) is 0 Å². The van der Waals surface area contributed by atoms with Crippen LogP contribution in [0.4, 0.5) is 0 Å². The van der Waals surface area contributed by atoms with E-state index in [1.54, 1.807) is 0 Å². The second-order valence-electron chi connectivity index (χ2n) is 0.599. The fourth-order valence-corrected chi connectivity index (χ4v) is 0.0872. The molecule has 0 rings (SSSR count). The number of hydrogen-bond donors (Lipinski definition) is 3. The number of hydrogen-bond acceptors (Lipinski definition) is 5. The number of nitrogens with one attached hydrogen (secondary N) is 3. The Bertz CT molecular complexity index is 90.2. The highest BCUT2D eigenvalue weighted by Crippen LogP contribution is 1.28. The predicted molar refractivity (Wildman–Crippen MR) is 20.6 cm³/mol. The maximum Gasteiger partial charge on any atom is 0.193 e. The monoisotopic (exact) mass is 97.0 g/mol. The van der Waals surface area contributed by atoms with E-state index in [1.165, 1.54) is 12.4 Å². The van der Waals surface area contributed by atoms with E-state index < -0.39 is 0 Å². The lowest BCUT2D eigenvalue weighted by molar-refractivity contribution is 0.584. The Morgan fingerprint density at radius 1 is 1.00 bits per heavy atom. The van der Waals surface area contributed by atoms with Gasteiger partial charge in [-0.15, -0.1) is 5.53 Å². The van der Waals surface area contributed by atoms with Crippen molar-refractivity contribution in [3.63, 3.8) is 0 Å². The van der Waals surface area contributed by atoms with Crippen LogP contribution < -0.4 is 16.4 Å². The molecule has 0 aliphatic heterocycles. The van der Waals surface area contributed by atoms with Gasteiger partial charge >= 0.3 is 0 Å². The summed E-state index contributed by atoms with van der Waals surface area (Å²) in [6.07, 6.45) is 3.06. The number of rotatable bonds is 2. The molecule has 0 bridgehead atoms. The van der Waals surface area contributed by atoms with Crippen LogP contribution in [0.5, 0.6) is 0 Å². The lowest BCUT2D eigenvalue weighted by Gasteiger charge is -1.90. The number of nitrogens with zero attached hydrogens (tertiary/aromatic N) is 2. The van der Waals surface area contributed by atoms with Gasteiger partial charge in [0.25, 0.3) is 0 Å². The van der Waals surface area contributed by atoms with Gasteiger partial charge in [-0.3, -0.25) is 0 Å². The molecule has 0 amide bonds. The molecule has 0 atom stereocenters. The van der Waals surface area contributed by atoms with Crippen molar-refractivity contribution in [1.29, 1.82) is 10.5 Å². The van der Waals surface area contributed by atoms with E-state index in [1.807, 2.05) is 10.9 Å². The molecule has 5 heteroatoms. The highest BCUT2D eigenvalue weighted by atomic mass is 15.6. The first-order valence-electron chi connectivity index (χ1n) is 1.45. The molecule has 0 spiro atoms. The van der Waals surface area contributed by atoms with Crippen LogP contribution in [0.25, 0.3) is 0 Å². The Morgan fingerprint density at radius 3 is 1.71 bits per heavy atom. The minimum absolute atomic E-state index is 1.53. The first-order chi connectivity index (χ1) is 3.41. The summed E-state index contributed by atoms with van der Waals surface area (Å²) in [5, 5.41) is 15.4. The zero-order chi connectivity index (χ0) is 5.54. The molecular weight excluding hydrogens is 94.1 g/mol.